The van der Waals surface area contributed by atoms with E-state index in [1.54, 1.807) is 0 Å². The van der Waals surface area contributed by atoms with E-state index in [-0.39, 0.29) is 12.1 Å². The van der Waals surface area contributed by atoms with Crippen molar-refractivity contribution in [2.45, 2.75) is 24.9 Å². The molecule has 0 heterocycles. The Hall–Kier alpha value is -2.29. The van der Waals surface area contributed by atoms with Gasteiger partial charge in [-0.25, -0.2) is 4.79 Å². The third kappa shape index (κ3) is 3.18. The van der Waals surface area contributed by atoms with Crippen molar-refractivity contribution in [3.8, 4) is 0 Å². The van der Waals surface area contributed by atoms with Crippen molar-refractivity contribution < 1.29 is 4.79 Å². The lowest BCUT2D eigenvalue weighted by molar-refractivity contribution is 0.240. The molecular formula is C17H18N2O. The van der Waals surface area contributed by atoms with Gasteiger partial charge in [-0.15, -0.1) is 0 Å². The van der Waals surface area contributed by atoms with Gasteiger partial charge in [0.25, 0.3) is 0 Å². The second-order valence-corrected chi connectivity index (χ2v) is 5.17. The summed E-state index contributed by atoms with van der Waals surface area (Å²) in [7, 11) is 0. The van der Waals surface area contributed by atoms with Crippen LogP contribution in [0.3, 0.4) is 0 Å². The van der Waals surface area contributed by atoms with Crippen molar-refractivity contribution in [2.75, 3.05) is 0 Å². The summed E-state index contributed by atoms with van der Waals surface area (Å²) >= 11 is 0. The van der Waals surface area contributed by atoms with E-state index >= 15 is 0 Å². The van der Waals surface area contributed by atoms with E-state index in [0.717, 1.165) is 12.0 Å². The van der Waals surface area contributed by atoms with Gasteiger partial charge in [0.2, 0.25) is 0 Å². The van der Waals surface area contributed by atoms with E-state index in [2.05, 4.69) is 22.8 Å². The van der Waals surface area contributed by atoms with Crippen molar-refractivity contribution in [1.82, 2.24) is 10.6 Å². The zero-order valence-corrected chi connectivity index (χ0v) is 11.3. The third-order valence-corrected chi connectivity index (χ3v) is 3.63. The molecule has 2 aromatic rings. The SMILES string of the molecule is O=C(NCc1ccccc1)NC1CC1c1ccccc1. The number of rotatable bonds is 4. The molecule has 3 heteroatoms. The van der Waals surface area contributed by atoms with Crippen LogP contribution in [0.4, 0.5) is 4.79 Å². The molecule has 2 unspecified atom stereocenters. The Bertz CT molecular complexity index is 568. The summed E-state index contributed by atoms with van der Waals surface area (Å²) in [5.41, 5.74) is 2.42. The Balaban J connectivity index is 1.45. The largest absolute Gasteiger partial charge is 0.335 e. The first-order valence-electron chi connectivity index (χ1n) is 6.96. The highest BCUT2D eigenvalue weighted by Crippen LogP contribution is 2.40. The summed E-state index contributed by atoms with van der Waals surface area (Å²) in [5, 5.41) is 5.91. The molecule has 0 spiro atoms. The predicted molar refractivity (Wildman–Crippen MR) is 79.4 cm³/mol. The molecule has 1 aliphatic carbocycles. The van der Waals surface area contributed by atoms with E-state index in [4.69, 9.17) is 0 Å². The summed E-state index contributed by atoms with van der Waals surface area (Å²) in [6, 6.07) is 20.4. The maximum Gasteiger partial charge on any atom is 0.315 e. The van der Waals surface area contributed by atoms with Crippen molar-refractivity contribution in [1.29, 1.82) is 0 Å². The topological polar surface area (TPSA) is 41.1 Å². The molecule has 0 radical (unpaired) electrons. The fourth-order valence-corrected chi connectivity index (χ4v) is 2.42. The van der Waals surface area contributed by atoms with Crippen LogP contribution < -0.4 is 10.6 Å². The molecule has 0 bridgehead atoms. The lowest BCUT2D eigenvalue weighted by Gasteiger charge is -2.07. The third-order valence-electron chi connectivity index (χ3n) is 3.63. The molecule has 2 N–H and O–H groups in total. The van der Waals surface area contributed by atoms with Crippen molar-refractivity contribution in [2.24, 2.45) is 0 Å². The van der Waals surface area contributed by atoms with Gasteiger partial charge in [0.1, 0.15) is 0 Å². The van der Waals surface area contributed by atoms with Gasteiger partial charge in [-0.05, 0) is 17.5 Å². The van der Waals surface area contributed by atoms with Crippen LogP contribution in [0, 0.1) is 0 Å². The minimum atomic E-state index is -0.0858. The van der Waals surface area contributed by atoms with Crippen LogP contribution in [0.1, 0.15) is 23.5 Å². The molecule has 102 valence electrons. The minimum absolute atomic E-state index is 0.0858. The van der Waals surface area contributed by atoms with Gasteiger partial charge >= 0.3 is 6.03 Å². The lowest BCUT2D eigenvalue weighted by atomic mass is 10.1. The van der Waals surface area contributed by atoms with Crippen LogP contribution >= 0.6 is 0 Å². The van der Waals surface area contributed by atoms with E-state index in [1.807, 2.05) is 48.5 Å². The number of hydrogen-bond acceptors (Lipinski definition) is 1. The second-order valence-electron chi connectivity index (χ2n) is 5.17. The van der Waals surface area contributed by atoms with E-state index < -0.39 is 0 Å². The number of nitrogens with one attached hydrogen (secondary N) is 2. The standard InChI is InChI=1S/C17H18N2O/c20-17(18-12-13-7-3-1-4-8-13)19-16-11-15(16)14-9-5-2-6-10-14/h1-10,15-16H,11-12H2,(H2,18,19,20). The number of benzene rings is 2. The average molecular weight is 266 g/mol. The molecule has 1 saturated carbocycles. The monoisotopic (exact) mass is 266 g/mol. The van der Waals surface area contributed by atoms with Gasteiger partial charge in [0.15, 0.2) is 0 Å². The molecule has 0 aromatic heterocycles. The minimum Gasteiger partial charge on any atom is -0.335 e. The molecule has 1 fully saturated rings. The molecule has 0 saturated heterocycles. The number of carbonyl (C=O) groups excluding carboxylic acids is 1. The summed E-state index contributed by atoms with van der Waals surface area (Å²) in [5.74, 6) is 0.471. The number of carbonyl (C=O) groups is 1. The molecule has 1 aliphatic rings. The summed E-state index contributed by atoms with van der Waals surface area (Å²) in [6.07, 6.45) is 1.03. The maximum absolute atomic E-state index is 11.8. The van der Waals surface area contributed by atoms with Crippen LogP contribution in [-0.2, 0) is 6.54 Å². The van der Waals surface area contributed by atoms with Crippen LogP contribution in [0.5, 0.6) is 0 Å². The Morgan fingerprint density at radius 2 is 1.65 bits per heavy atom. The normalized spacial score (nSPS) is 20.2. The number of hydrogen-bond donors (Lipinski definition) is 2. The van der Waals surface area contributed by atoms with Gasteiger partial charge in [-0.3, -0.25) is 0 Å². The van der Waals surface area contributed by atoms with Crippen LogP contribution in [0.2, 0.25) is 0 Å². The van der Waals surface area contributed by atoms with E-state index in [1.165, 1.54) is 5.56 Å². The highest BCUT2D eigenvalue weighted by atomic mass is 16.2. The Morgan fingerprint density at radius 3 is 2.35 bits per heavy atom. The molecule has 3 rings (SSSR count). The van der Waals surface area contributed by atoms with Gasteiger partial charge in [0, 0.05) is 18.5 Å². The quantitative estimate of drug-likeness (QED) is 0.877. The maximum atomic E-state index is 11.8. The van der Waals surface area contributed by atoms with Crippen molar-refractivity contribution in [3.05, 3.63) is 71.8 Å². The first kappa shape index (κ1) is 12.7. The fourth-order valence-electron chi connectivity index (χ4n) is 2.42. The van der Waals surface area contributed by atoms with Gasteiger partial charge in [-0.1, -0.05) is 60.7 Å². The number of urea groups is 1. The first-order chi connectivity index (χ1) is 9.83. The second kappa shape index (κ2) is 5.78. The molecule has 0 aliphatic heterocycles. The highest BCUT2D eigenvalue weighted by molar-refractivity contribution is 5.74. The molecule has 2 amide bonds. The van der Waals surface area contributed by atoms with Gasteiger partial charge in [0.05, 0.1) is 0 Å². The van der Waals surface area contributed by atoms with Crippen LogP contribution in [-0.4, -0.2) is 12.1 Å². The lowest BCUT2D eigenvalue weighted by Crippen LogP contribution is -2.36. The van der Waals surface area contributed by atoms with Crippen LogP contribution in [0.15, 0.2) is 60.7 Å². The molecule has 2 atom stereocenters. The molecule has 3 nitrogen and oxygen atoms in total. The average Bonchev–Trinajstić information content (AvgIpc) is 3.26. The summed E-state index contributed by atoms with van der Waals surface area (Å²) < 4.78 is 0. The Labute approximate surface area is 119 Å². The Kier molecular flexibility index (Phi) is 3.68. The summed E-state index contributed by atoms with van der Waals surface area (Å²) in [4.78, 5) is 11.8. The fraction of sp³-hybridized carbons (Fsp3) is 0.235. The van der Waals surface area contributed by atoms with Crippen molar-refractivity contribution >= 4 is 6.03 Å². The van der Waals surface area contributed by atoms with Gasteiger partial charge < -0.3 is 10.6 Å². The zero-order valence-electron chi connectivity index (χ0n) is 11.3. The van der Waals surface area contributed by atoms with Crippen molar-refractivity contribution in [3.63, 3.8) is 0 Å². The van der Waals surface area contributed by atoms with Crippen LogP contribution in [0.25, 0.3) is 0 Å². The summed E-state index contributed by atoms with van der Waals surface area (Å²) in [6.45, 7) is 0.565. The smallest absolute Gasteiger partial charge is 0.315 e. The highest BCUT2D eigenvalue weighted by Gasteiger charge is 2.39. The molecule has 20 heavy (non-hydrogen) atoms. The molecule has 2 aromatic carbocycles. The molecular weight excluding hydrogens is 248 g/mol. The Morgan fingerprint density at radius 1 is 1.00 bits per heavy atom. The van der Waals surface area contributed by atoms with E-state index in [9.17, 15) is 4.79 Å². The predicted octanol–water partition coefficient (Wildman–Crippen LogP) is 3.04. The van der Waals surface area contributed by atoms with E-state index in [0.29, 0.717) is 12.5 Å². The van der Waals surface area contributed by atoms with Gasteiger partial charge in [-0.2, -0.15) is 0 Å². The first-order valence-corrected chi connectivity index (χ1v) is 6.96. The zero-order chi connectivity index (χ0) is 13.8. The number of amides is 2.